The van der Waals surface area contributed by atoms with E-state index in [2.05, 4.69) is 4.72 Å². The zero-order valence-electron chi connectivity index (χ0n) is 14.2. The van der Waals surface area contributed by atoms with Crippen LogP contribution in [0.3, 0.4) is 0 Å². The van der Waals surface area contributed by atoms with Gasteiger partial charge in [-0.2, -0.15) is 0 Å². The lowest BCUT2D eigenvalue weighted by Crippen LogP contribution is -2.35. The number of sulfonamides is 1. The fourth-order valence-corrected chi connectivity index (χ4v) is 4.37. The molecule has 26 heavy (non-hydrogen) atoms. The standard InChI is InChI=1S/C18H19ClN2O4S/c1-25-16-9-8-13(19)11-17(16)26(23,24)20-14-5-4-6-15(12-14)21-10-3-2-7-18(21)22/h4-6,8-9,11-12,20H,2-3,7,10H2,1H3. The van der Waals surface area contributed by atoms with Crippen molar-refractivity contribution in [1.29, 1.82) is 0 Å². The molecule has 3 rings (SSSR count). The number of anilines is 2. The summed E-state index contributed by atoms with van der Waals surface area (Å²) in [5.41, 5.74) is 1.04. The molecule has 0 aliphatic carbocycles. The molecule has 0 spiro atoms. The quantitative estimate of drug-likeness (QED) is 0.839. The fourth-order valence-electron chi connectivity index (χ4n) is 2.89. The third-order valence-corrected chi connectivity index (χ3v) is 5.79. The van der Waals surface area contributed by atoms with Gasteiger partial charge in [-0.05, 0) is 49.2 Å². The van der Waals surface area contributed by atoms with Crippen LogP contribution >= 0.6 is 11.6 Å². The zero-order chi connectivity index (χ0) is 18.7. The highest BCUT2D eigenvalue weighted by Gasteiger charge is 2.22. The van der Waals surface area contributed by atoms with Crippen LogP contribution in [-0.4, -0.2) is 28.0 Å². The third kappa shape index (κ3) is 3.94. The van der Waals surface area contributed by atoms with E-state index in [0.717, 1.165) is 12.8 Å². The number of methoxy groups -OCH3 is 1. The van der Waals surface area contributed by atoms with Crippen LogP contribution in [-0.2, 0) is 14.8 Å². The molecular weight excluding hydrogens is 376 g/mol. The van der Waals surface area contributed by atoms with Crippen molar-refractivity contribution in [3.63, 3.8) is 0 Å². The molecular formula is C18H19ClN2O4S. The molecule has 0 unspecified atom stereocenters. The number of piperidine rings is 1. The highest BCUT2D eigenvalue weighted by atomic mass is 35.5. The summed E-state index contributed by atoms with van der Waals surface area (Å²) >= 11 is 5.93. The van der Waals surface area contributed by atoms with E-state index in [9.17, 15) is 13.2 Å². The number of hydrogen-bond donors (Lipinski definition) is 1. The lowest BCUT2D eigenvalue weighted by atomic mass is 10.1. The number of benzene rings is 2. The van der Waals surface area contributed by atoms with Crippen molar-refractivity contribution in [2.75, 3.05) is 23.3 Å². The molecule has 1 aliphatic heterocycles. The minimum Gasteiger partial charge on any atom is -0.495 e. The molecule has 0 radical (unpaired) electrons. The zero-order valence-corrected chi connectivity index (χ0v) is 15.8. The summed E-state index contributed by atoms with van der Waals surface area (Å²) in [6.45, 7) is 0.636. The maximum absolute atomic E-state index is 12.8. The number of ether oxygens (including phenoxy) is 1. The number of nitrogens with zero attached hydrogens (tertiary/aromatic N) is 1. The number of hydrogen-bond acceptors (Lipinski definition) is 4. The average Bonchev–Trinajstić information content (AvgIpc) is 2.62. The van der Waals surface area contributed by atoms with Gasteiger partial charge in [0.1, 0.15) is 10.6 Å². The van der Waals surface area contributed by atoms with Crippen LogP contribution in [0, 0.1) is 0 Å². The Labute approximate surface area is 157 Å². The van der Waals surface area contributed by atoms with E-state index in [-0.39, 0.29) is 16.6 Å². The van der Waals surface area contributed by atoms with E-state index in [1.807, 2.05) is 0 Å². The first-order valence-electron chi connectivity index (χ1n) is 8.17. The smallest absolute Gasteiger partial charge is 0.265 e. The van der Waals surface area contributed by atoms with Crippen molar-refractivity contribution in [2.45, 2.75) is 24.2 Å². The first kappa shape index (κ1) is 18.5. The second kappa shape index (κ2) is 7.55. The number of halogens is 1. The number of amides is 1. The average molecular weight is 395 g/mol. The van der Waals surface area contributed by atoms with E-state index in [1.54, 1.807) is 35.2 Å². The van der Waals surface area contributed by atoms with Crippen LogP contribution < -0.4 is 14.4 Å². The predicted molar refractivity (Wildman–Crippen MR) is 101 cm³/mol. The first-order valence-corrected chi connectivity index (χ1v) is 10.0. The summed E-state index contributed by atoms with van der Waals surface area (Å²) in [6, 6.07) is 11.2. The van der Waals surface area contributed by atoms with Crippen LogP contribution in [0.5, 0.6) is 5.75 Å². The molecule has 1 saturated heterocycles. The molecule has 0 bridgehead atoms. The summed E-state index contributed by atoms with van der Waals surface area (Å²) in [4.78, 5) is 13.7. The molecule has 138 valence electrons. The van der Waals surface area contributed by atoms with Gasteiger partial charge in [-0.15, -0.1) is 0 Å². The Morgan fingerprint density at radius 2 is 1.96 bits per heavy atom. The molecule has 1 aliphatic rings. The highest BCUT2D eigenvalue weighted by Crippen LogP contribution is 2.30. The van der Waals surface area contributed by atoms with Gasteiger partial charge in [0.25, 0.3) is 10.0 Å². The van der Waals surface area contributed by atoms with Crippen molar-refractivity contribution in [1.82, 2.24) is 0 Å². The summed E-state index contributed by atoms with van der Waals surface area (Å²) in [5, 5.41) is 0.291. The summed E-state index contributed by atoms with van der Waals surface area (Å²) < 4.78 is 33.2. The molecule has 6 nitrogen and oxygen atoms in total. The van der Waals surface area contributed by atoms with Crippen LogP contribution in [0.25, 0.3) is 0 Å². The topological polar surface area (TPSA) is 75.7 Å². The third-order valence-electron chi connectivity index (χ3n) is 4.15. The molecule has 0 saturated carbocycles. The normalized spacial score (nSPS) is 15.0. The predicted octanol–water partition coefficient (Wildman–Crippen LogP) is 3.67. The Morgan fingerprint density at radius 1 is 1.15 bits per heavy atom. The lowest BCUT2D eigenvalue weighted by Gasteiger charge is -2.27. The van der Waals surface area contributed by atoms with Crippen LogP contribution in [0.4, 0.5) is 11.4 Å². The van der Waals surface area contributed by atoms with Crippen LogP contribution in [0.15, 0.2) is 47.4 Å². The summed E-state index contributed by atoms with van der Waals surface area (Å²) in [5.74, 6) is 0.247. The Kier molecular flexibility index (Phi) is 5.38. The highest BCUT2D eigenvalue weighted by molar-refractivity contribution is 7.92. The van der Waals surface area contributed by atoms with E-state index in [1.165, 1.54) is 19.2 Å². The van der Waals surface area contributed by atoms with Crippen molar-refractivity contribution in [2.24, 2.45) is 0 Å². The Morgan fingerprint density at radius 3 is 2.69 bits per heavy atom. The van der Waals surface area contributed by atoms with Gasteiger partial charge in [0.2, 0.25) is 5.91 Å². The molecule has 2 aromatic rings. The molecule has 0 aromatic heterocycles. The molecule has 1 N–H and O–H groups in total. The van der Waals surface area contributed by atoms with E-state index < -0.39 is 10.0 Å². The molecule has 1 fully saturated rings. The van der Waals surface area contributed by atoms with E-state index in [4.69, 9.17) is 16.3 Å². The van der Waals surface area contributed by atoms with Crippen LogP contribution in [0.2, 0.25) is 5.02 Å². The van der Waals surface area contributed by atoms with Crippen molar-refractivity contribution in [3.05, 3.63) is 47.5 Å². The van der Waals surface area contributed by atoms with Gasteiger partial charge in [-0.25, -0.2) is 8.42 Å². The second-order valence-corrected chi connectivity index (χ2v) is 8.04. The number of rotatable bonds is 5. The van der Waals surface area contributed by atoms with E-state index >= 15 is 0 Å². The summed E-state index contributed by atoms with van der Waals surface area (Å²) in [7, 11) is -2.51. The largest absolute Gasteiger partial charge is 0.495 e. The lowest BCUT2D eigenvalue weighted by molar-refractivity contribution is -0.119. The summed E-state index contributed by atoms with van der Waals surface area (Å²) in [6.07, 6.45) is 2.33. The minimum atomic E-state index is -3.90. The van der Waals surface area contributed by atoms with Crippen molar-refractivity contribution in [3.8, 4) is 5.75 Å². The van der Waals surface area contributed by atoms with E-state index in [0.29, 0.717) is 29.4 Å². The van der Waals surface area contributed by atoms with Gasteiger partial charge in [0, 0.05) is 23.7 Å². The molecule has 0 atom stereocenters. The molecule has 8 heteroatoms. The van der Waals surface area contributed by atoms with Gasteiger partial charge >= 0.3 is 0 Å². The molecule has 1 amide bonds. The molecule has 2 aromatic carbocycles. The first-order chi connectivity index (χ1) is 12.4. The van der Waals surface area contributed by atoms with Crippen molar-refractivity contribution >= 4 is 38.9 Å². The monoisotopic (exact) mass is 394 g/mol. The van der Waals surface area contributed by atoms with Gasteiger partial charge in [0.05, 0.1) is 12.8 Å². The fraction of sp³-hybridized carbons (Fsp3) is 0.278. The maximum atomic E-state index is 12.8. The maximum Gasteiger partial charge on any atom is 0.265 e. The number of nitrogens with one attached hydrogen (secondary N) is 1. The number of carbonyl (C=O) groups excluding carboxylic acids is 1. The Balaban J connectivity index is 1.90. The minimum absolute atomic E-state index is 0.0489. The van der Waals surface area contributed by atoms with Crippen molar-refractivity contribution < 1.29 is 17.9 Å². The van der Waals surface area contributed by atoms with Gasteiger partial charge < -0.3 is 9.64 Å². The Bertz CT molecular complexity index is 931. The SMILES string of the molecule is COc1ccc(Cl)cc1S(=O)(=O)Nc1cccc(N2CCCCC2=O)c1. The second-order valence-electron chi connectivity index (χ2n) is 5.95. The van der Waals surface area contributed by atoms with Gasteiger partial charge in [-0.3, -0.25) is 9.52 Å². The van der Waals surface area contributed by atoms with Crippen LogP contribution in [0.1, 0.15) is 19.3 Å². The Hall–Kier alpha value is -2.25. The van der Waals surface area contributed by atoms with Gasteiger partial charge in [-0.1, -0.05) is 17.7 Å². The number of carbonyl (C=O) groups is 1. The van der Waals surface area contributed by atoms with Gasteiger partial charge in [0.15, 0.2) is 0 Å². The molecule has 1 heterocycles.